The first kappa shape index (κ1) is 15.2. The average Bonchev–Trinajstić information content (AvgIpc) is 2.47. The summed E-state index contributed by atoms with van der Waals surface area (Å²) in [4.78, 5) is 2.68. The molecular formula is C17H28OSn. The van der Waals surface area contributed by atoms with Crippen LogP contribution in [0.3, 0.4) is 0 Å². The molecule has 1 atom stereocenters. The molecule has 0 spiro atoms. The van der Waals surface area contributed by atoms with E-state index in [1.54, 1.807) is 10.7 Å². The Balaban J connectivity index is 2.31. The van der Waals surface area contributed by atoms with E-state index in [0.717, 1.165) is 13.6 Å². The van der Waals surface area contributed by atoms with Crippen LogP contribution in [0.25, 0.3) is 0 Å². The van der Waals surface area contributed by atoms with Gasteiger partial charge in [0.1, 0.15) is 0 Å². The molecule has 1 unspecified atom stereocenters. The molecule has 1 aliphatic carbocycles. The van der Waals surface area contributed by atoms with E-state index in [9.17, 15) is 0 Å². The molecule has 1 saturated carbocycles. The molecule has 1 aromatic rings. The summed E-state index contributed by atoms with van der Waals surface area (Å²) in [5.41, 5.74) is 0. The predicted molar refractivity (Wildman–Crippen MR) is 86.2 cm³/mol. The monoisotopic (exact) mass is 368 g/mol. The fourth-order valence-electron chi connectivity index (χ4n) is 3.69. The molecule has 0 saturated heterocycles. The number of ether oxygens (including phenoxy) is 1. The molecule has 0 heterocycles. The van der Waals surface area contributed by atoms with Crippen molar-refractivity contribution in [3.8, 4) is 5.75 Å². The van der Waals surface area contributed by atoms with E-state index in [4.69, 9.17) is 4.74 Å². The summed E-state index contributed by atoms with van der Waals surface area (Å²) in [6, 6.07) is 9.05. The Labute approximate surface area is 122 Å². The molecule has 2 heteroatoms. The Morgan fingerprint density at radius 2 is 1.63 bits per heavy atom. The number of rotatable bonds is 4. The van der Waals surface area contributed by atoms with Gasteiger partial charge in [-0.2, -0.15) is 0 Å². The SMILES string of the molecule is COc1cc[c]([Sn]([CH3])([CH](C)C)[CH]2CCCCC2)cc1. The van der Waals surface area contributed by atoms with Gasteiger partial charge >= 0.3 is 123 Å². The van der Waals surface area contributed by atoms with Gasteiger partial charge in [0.2, 0.25) is 0 Å². The van der Waals surface area contributed by atoms with Crippen LogP contribution in [0.15, 0.2) is 24.3 Å². The molecular weight excluding hydrogens is 339 g/mol. The molecule has 1 aliphatic rings. The summed E-state index contributed by atoms with van der Waals surface area (Å²) >= 11 is -2.26. The first-order valence-electron chi connectivity index (χ1n) is 7.73. The van der Waals surface area contributed by atoms with Crippen molar-refractivity contribution in [3.63, 3.8) is 0 Å². The van der Waals surface area contributed by atoms with Gasteiger partial charge in [-0.3, -0.25) is 0 Å². The van der Waals surface area contributed by atoms with E-state index >= 15 is 0 Å². The third kappa shape index (κ3) is 3.12. The summed E-state index contributed by atoms with van der Waals surface area (Å²) in [6.07, 6.45) is 7.34. The minimum absolute atomic E-state index is 0.880. The van der Waals surface area contributed by atoms with Gasteiger partial charge < -0.3 is 0 Å². The van der Waals surface area contributed by atoms with E-state index < -0.39 is 18.4 Å². The molecule has 0 radical (unpaired) electrons. The number of hydrogen-bond donors (Lipinski definition) is 0. The van der Waals surface area contributed by atoms with Crippen LogP contribution in [0.5, 0.6) is 5.75 Å². The first-order chi connectivity index (χ1) is 9.09. The van der Waals surface area contributed by atoms with Crippen molar-refractivity contribution in [2.45, 2.75) is 58.8 Å². The van der Waals surface area contributed by atoms with Crippen molar-refractivity contribution in [2.75, 3.05) is 7.11 Å². The van der Waals surface area contributed by atoms with Gasteiger partial charge in [-0.25, -0.2) is 0 Å². The Morgan fingerprint density at radius 3 is 2.11 bits per heavy atom. The molecule has 0 N–H and O–H groups in total. The number of methoxy groups -OCH3 is 1. The van der Waals surface area contributed by atoms with Gasteiger partial charge in [0.05, 0.1) is 0 Å². The summed E-state index contributed by atoms with van der Waals surface area (Å²) < 4.78 is 8.92. The molecule has 0 amide bonds. The zero-order chi connectivity index (χ0) is 13.9. The van der Waals surface area contributed by atoms with Gasteiger partial charge in [0.15, 0.2) is 0 Å². The standard InChI is InChI=1S/C7H7O.C6H11.C3H7.CH3.Sn/c1-8-7-5-3-2-4-6-7;1-2-4-6-5-3-1;1-3-2;;/h3-6H,1H3;1H,2-6H2;3H,1-2H3;1H3;. The Bertz CT molecular complexity index is 392. The minimum atomic E-state index is -2.26. The van der Waals surface area contributed by atoms with Crippen molar-refractivity contribution >= 4 is 22.0 Å². The van der Waals surface area contributed by atoms with Crippen LogP contribution in [0.2, 0.25) is 12.8 Å². The van der Waals surface area contributed by atoms with Crippen LogP contribution in [0.4, 0.5) is 0 Å². The van der Waals surface area contributed by atoms with Gasteiger partial charge in [-0.1, -0.05) is 0 Å². The van der Waals surface area contributed by atoms with E-state index in [-0.39, 0.29) is 0 Å². The van der Waals surface area contributed by atoms with Crippen LogP contribution >= 0.6 is 0 Å². The molecule has 1 aromatic carbocycles. The van der Waals surface area contributed by atoms with E-state index in [1.807, 2.05) is 0 Å². The second-order valence-corrected chi connectivity index (χ2v) is 21.1. The van der Waals surface area contributed by atoms with Crippen molar-refractivity contribution in [1.82, 2.24) is 0 Å². The molecule has 1 nitrogen and oxygen atoms in total. The molecule has 106 valence electrons. The van der Waals surface area contributed by atoms with Crippen molar-refractivity contribution in [1.29, 1.82) is 0 Å². The van der Waals surface area contributed by atoms with Crippen LogP contribution in [-0.4, -0.2) is 25.5 Å². The summed E-state index contributed by atoms with van der Waals surface area (Å²) in [5.74, 6) is 0.991. The van der Waals surface area contributed by atoms with Crippen LogP contribution in [-0.2, 0) is 0 Å². The Hall–Kier alpha value is -0.181. The van der Waals surface area contributed by atoms with Gasteiger partial charge in [0.25, 0.3) is 0 Å². The fourth-order valence-corrected chi connectivity index (χ4v) is 16.7. The second kappa shape index (κ2) is 6.51. The summed E-state index contributed by atoms with van der Waals surface area (Å²) in [7, 11) is 1.75. The van der Waals surface area contributed by atoms with Crippen molar-refractivity contribution in [2.24, 2.45) is 0 Å². The van der Waals surface area contributed by atoms with Crippen LogP contribution in [0, 0.1) is 0 Å². The van der Waals surface area contributed by atoms with Gasteiger partial charge in [0, 0.05) is 0 Å². The quantitative estimate of drug-likeness (QED) is 0.700. The first-order valence-corrected chi connectivity index (χ1v) is 15.3. The molecule has 0 aromatic heterocycles. The third-order valence-corrected chi connectivity index (χ3v) is 23.2. The Kier molecular flexibility index (Phi) is 5.21. The number of benzene rings is 1. The molecule has 1 fully saturated rings. The molecule has 2 rings (SSSR count). The van der Waals surface area contributed by atoms with Crippen molar-refractivity contribution in [3.05, 3.63) is 24.3 Å². The molecule has 19 heavy (non-hydrogen) atoms. The van der Waals surface area contributed by atoms with Gasteiger partial charge in [-0.15, -0.1) is 0 Å². The van der Waals surface area contributed by atoms with Crippen LogP contribution < -0.4 is 8.32 Å². The fraction of sp³-hybridized carbons (Fsp3) is 0.647. The molecule has 0 aliphatic heterocycles. The predicted octanol–water partition coefficient (Wildman–Crippen LogP) is 4.73. The summed E-state index contributed by atoms with van der Waals surface area (Å²) in [5, 5.41) is 0. The third-order valence-electron chi connectivity index (χ3n) is 5.36. The maximum atomic E-state index is 5.31. The zero-order valence-electron chi connectivity index (χ0n) is 12.9. The molecule has 0 bridgehead atoms. The zero-order valence-corrected chi connectivity index (χ0v) is 15.8. The average molecular weight is 367 g/mol. The topological polar surface area (TPSA) is 9.23 Å². The Morgan fingerprint density at radius 1 is 1.05 bits per heavy atom. The number of hydrogen-bond acceptors (Lipinski definition) is 1. The van der Waals surface area contributed by atoms with Gasteiger partial charge in [-0.05, 0) is 0 Å². The van der Waals surface area contributed by atoms with E-state index in [1.165, 1.54) is 32.1 Å². The van der Waals surface area contributed by atoms with Crippen LogP contribution in [0.1, 0.15) is 46.0 Å². The summed E-state index contributed by atoms with van der Waals surface area (Å²) in [6.45, 7) is 4.93. The van der Waals surface area contributed by atoms with Crippen molar-refractivity contribution < 1.29 is 4.74 Å². The van der Waals surface area contributed by atoms with E-state index in [2.05, 4.69) is 43.1 Å². The second-order valence-electron chi connectivity index (χ2n) is 6.50. The normalized spacial score (nSPS) is 20.3. The van der Waals surface area contributed by atoms with E-state index in [0.29, 0.717) is 0 Å². The maximum absolute atomic E-state index is 5.31.